The molecule has 0 fully saturated rings. The molecule has 0 saturated heterocycles. The van der Waals surface area contributed by atoms with Crippen molar-refractivity contribution >= 4 is 59.6 Å². The van der Waals surface area contributed by atoms with Crippen molar-refractivity contribution in [1.82, 2.24) is 4.98 Å². The van der Waals surface area contributed by atoms with Crippen molar-refractivity contribution in [3.05, 3.63) is 252 Å². The Morgan fingerprint density at radius 1 is 0.349 bits per heavy atom. The van der Waals surface area contributed by atoms with Crippen LogP contribution in [0.15, 0.2) is 229 Å². The highest BCUT2D eigenvalue weighted by Gasteiger charge is 2.52. The van der Waals surface area contributed by atoms with Crippen molar-refractivity contribution in [3.63, 3.8) is 0 Å². The van der Waals surface area contributed by atoms with Crippen LogP contribution in [0.4, 0.5) is 0 Å². The van der Waals surface area contributed by atoms with Crippen LogP contribution < -0.4 is 0 Å². The molecule has 3 aliphatic rings. The number of benzene rings is 10. The van der Waals surface area contributed by atoms with Crippen LogP contribution in [0.25, 0.3) is 104 Å². The normalized spacial score (nSPS) is 15.6. The van der Waals surface area contributed by atoms with Gasteiger partial charge in [-0.1, -0.05) is 181 Å². The van der Waals surface area contributed by atoms with E-state index < -0.39 is 5.41 Å². The molecule has 0 aliphatic heterocycles. The molecule has 63 heavy (non-hydrogen) atoms. The van der Waals surface area contributed by atoms with Gasteiger partial charge < -0.3 is 0 Å². The van der Waals surface area contributed by atoms with Gasteiger partial charge in [-0.15, -0.1) is 0 Å². The van der Waals surface area contributed by atoms with E-state index in [9.17, 15) is 0 Å². The number of hydrogen-bond acceptors (Lipinski definition) is 1. The first-order valence-corrected chi connectivity index (χ1v) is 21.8. The van der Waals surface area contributed by atoms with Crippen LogP contribution in [-0.4, -0.2) is 4.98 Å². The van der Waals surface area contributed by atoms with Crippen LogP contribution in [0.3, 0.4) is 0 Å². The van der Waals surface area contributed by atoms with Crippen molar-refractivity contribution in [2.24, 2.45) is 0 Å². The zero-order valence-electron chi connectivity index (χ0n) is 34.2. The first-order chi connectivity index (χ1) is 31.3. The number of hydrogen-bond donors (Lipinski definition) is 0. The smallest absolute Gasteiger partial charge is 0.0788 e. The molecule has 10 aromatic carbocycles. The molecule has 14 rings (SSSR count). The predicted octanol–water partition coefficient (Wildman–Crippen LogP) is 15.8. The molecule has 288 valence electrons. The average molecular weight is 794 g/mol. The summed E-state index contributed by atoms with van der Waals surface area (Å²) >= 11 is 0. The first kappa shape index (κ1) is 34.4. The minimum Gasteiger partial charge on any atom is -0.247 e. The summed E-state index contributed by atoms with van der Waals surface area (Å²) in [5, 5.41) is 11.0. The van der Waals surface area contributed by atoms with E-state index in [1.807, 2.05) is 0 Å². The lowest BCUT2D eigenvalue weighted by Crippen LogP contribution is -2.26. The second-order valence-corrected chi connectivity index (χ2v) is 17.2. The fourth-order valence-corrected chi connectivity index (χ4v) is 11.5. The minimum atomic E-state index is -0.469. The molecule has 1 unspecified atom stereocenters. The van der Waals surface area contributed by atoms with E-state index in [4.69, 9.17) is 4.98 Å². The Hall–Kier alpha value is -8.31. The molecule has 1 nitrogen and oxygen atoms in total. The molecule has 1 spiro atoms. The highest BCUT2D eigenvalue weighted by Crippen LogP contribution is 2.63. The largest absolute Gasteiger partial charge is 0.247 e. The number of para-hydroxylation sites is 1. The molecule has 0 N–H and O–H groups in total. The van der Waals surface area contributed by atoms with E-state index in [-0.39, 0.29) is 0 Å². The quantitative estimate of drug-likeness (QED) is 0.0986. The summed E-state index contributed by atoms with van der Waals surface area (Å²) in [5.41, 5.74) is 24.4. The number of pyridine rings is 1. The first-order valence-electron chi connectivity index (χ1n) is 21.8. The lowest BCUT2D eigenvalue weighted by atomic mass is 9.69. The predicted molar refractivity (Wildman–Crippen MR) is 263 cm³/mol. The fraction of sp³-hybridized carbons (Fsp3) is 0.0161. The number of allylic oxidation sites excluding steroid dienone is 4. The van der Waals surface area contributed by atoms with Gasteiger partial charge in [0.15, 0.2) is 0 Å². The molecule has 0 saturated carbocycles. The van der Waals surface area contributed by atoms with Crippen molar-refractivity contribution in [3.8, 4) is 44.6 Å². The van der Waals surface area contributed by atoms with Gasteiger partial charge in [0, 0.05) is 16.3 Å². The molecular weight excluding hydrogens is 759 g/mol. The Bertz CT molecular complexity index is 3940. The van der Waals surface area contributed by atoms with Crippen LogP contribution in [0.1, 0.15) is 22.3 Å². The van der Waals surface area contributed by atoms with Gasteiger partial charge in [0.05, 0.1) is 16.6 Å². The molecule has 1 aromatic heterocycles. The van der Waals surface area contributed by atoms with E-state index in [2.05, 4.69) is 224 Å². The summed E-state index contributed by atoms with van der Waals surface area (Å²) in [6, 6.07) is 74.1. The zero-order chi connectivity index (χ0) is 41.2. The van der Waals surface area contributed by atoms with Crippen LogP contribution in [0.2, 0.25) is 0 Å². The van der Waals surface area contributed by atoms with E-state index in [0.717, 1.165) is 27.5 Å². The summed E-state index contributed by atoms with van der Waals surface area (Å²) in [7, 11) is 0. The Balaban J connectivity index is 1.03. The van der Waals surface area contributed by atoms with Gasteiger partial charge >= 0.3 is 0 Å². The standard InChI is InChI=1S/C62H35N/c1-2-17-39-34-41(33-32-38(39)16-1)60-49-26-5-3-24-47(49)59(48-25-4-6-27-50(48)60)40-18-15-19-42(35-40)61-53-36-52-45-22-9-13-30-56(45)62(57(52)37-51(53)46-23-10-14-31-58(46)63-61)54-28-11-7-20-43(54)44-21-8-12-29-55(44)62/h1-7,9-11,13-37H. The second kappa shape index (κ2) is 12.9. The summed E-state index contributed by atoms with van der Waals surface area (Å²) in [4.78, 5) is 5.54. The Kier molecular flexibility index (Phi) is 7.02. The molecule has 3 aliphatic carbocycles. The van der Waals surface area contributed by atoms with Gasteiger partial charge in [0.2, 0.25) is 0 Å². The molecule has 0 radical (unpaired) electrons. The highest BCUT2D eigenvalue weighted by molar-refractivity contribution is 6.22. The summed E-state index contributed by atoms with van der Waals surface area (Å²) in [6.45, 7) is 0. The molecule has 1 heteroatoms. The molecule has 11 aromatic rings. The van der Waals surface area contributed by atoms with Crippen molar-refractivity contribution in [1.29, 1.82) is 0 Å². The van der Waals surface area contributed by atoms with Crippen molar-refractivity contribution in [2.75, 3.05) is 0 Å². The maximum Gasteiger partial charge on any atom is 0.0788 e. The van der Waals surface area contributed by atoms with Gasteiger partial charge in [-0.25, -0.2) is 4.98 Å². The minimum absolute atomic E-state index is 0.469. The molecule has 0 bridgehead atoms. The SMILES string of the molecule is C1=C=CC2=C(C=1)c1ccccc1C21c2ccccc2-c2cc3c(-c4cccc(-c5c6ccccc6c(-c6ccc7ccccc7c6)c6ccccc56)c4)nc4ccccc4c3cc21. The van der Waals surface area contributed by atoms with Gasteiger partial charge in [-0.3, -0.25) is 0 Å². The lowest BCUT2D eigenvalue weighted by molar-refractivity contribution is 0.787. The topological polar surface area (TPSA) is 12.9 Å². The van der Waals surface area contributed by atoms with Crippen molar-refractivity contribution < 1.29 is 0 Å². The molecule has 1 heterocycles. The Labute approximate surface area is 364 Å². The summed E-state index contributed by atoms with van der Waals surface area (Å²) < 4.78 is 0. The number of nitrogens with zero attached hydrogens (tertiary/aromatic N) is 1. The third-order valence-electron chi connectivity index (χ3n) is 14.1. The molecule has 0 amide bonds. The third-order valence-corrected chi connectivity index (χ3v) is 14.1. The maximum atomic E-state index is 5.54. The number of fused-ring (bicyclic) bond motifs is 15. The second-order valence-electron chi connectivity index (χ2n) is 17.2. The summed E-state index contributed by atoms with van der Waals surface area (Å²) in [5.74, 6) is 0. The van der Waals surface area contributed by atoms with Gasteiger partial charge in [0.1, 0.15) is 0 Å². The van der Waals surface area contributed by atoms with Gasteiger partial charge in [-0.2, -0.15) is 0 Å². The van der Waals surface area contributed by atoms with E-state index in [1.54, 1.807) is 0 Å². The van der Waals surface area contributed by atoms with Crippen molar-refractivity contribution in [2.45, 2.75) is 5.41 Å². The zero-order valence-corrected chi connectivity index (χ0v) is 34.2. The average Bonchev–Trinajstić information content (AvgIpc) is 3.81. The maximum absolute atomic E-state index is 5.54. The van der Waals surface area contributed by atoms with E-state index in [0.29, 0.717) is 0 Å². The van der Waals surface area contributed by atoms with Crippen LogP contribution >= 0.6 is 0 Å². The van der Waals surface area contributed by atoms with Crippen LogP contribution in [0, 0.1) is 0 Å². The van der Waals surface area contributed by atoms with E-state index >= 15 is 0 Å². The summed E-state index contributed by atoms with van der Waals surface area (Å²) in [6.07, 6.45) is 4.30. The van der Waals surface area contributed by atoms with Gasteiger partial charge in [-0.05, 0) is 147 Å². The number of aromatic nitrogens is 1. The molecular formula is C62H35N. The van der Waals surface area contributed by atoms with Gasteiger partial charge in [0.25, 0.3) is 0 Å². The fourth-order valence-electron chi connectivity index (χ4n) is 11.5. The number of rotatable bonds is 3. The third kappa shape index (κ3) is 4.65. The lowest BCUT2D eigenvalue weighted by Gasteiger charge is -2.31. The highest BCUT2D eigenvalue weighted by atomic mass is 14.7. The van der Waals surface area contributed by atoms with Crippen LogP contribution in [-0.2, 0) is 5.41 Å². The van der Waals surface area contributed by atoms with E-state index in [1.165, 1.54) is 104 Å². The monoisotopic (exact) mass is 793 g/mol. The molecule has 1 atom stereocenters. The van der Waals surface area contributed by atoms with Crippen LogP contribution in [0.5, 0.6) is 0 Å². The Morgan fingerprint density at radius 2 is 0.937 bits per heavy atom. The Morgan fingerprint density at radius 3 is 1.70 bits per heavy atom.